The summed E-state index contributed by atoms with van der Waals surface area (Å²) in [5, 5.41) is 0. The molecule has 1 aliphatic heterocycles. The second-order valence-electron chi connectivity index (χ2n) is 4.12. The first-order chi connectivity index (χ1) is 5.54. The third-order valence-corrected chi connectivity index (χ3v) is 3.13. The van der Waals surface area contributed by atoms with Gasteiger partial charge >= 0.3 is 0 Å². The van der Waals surface area contributed by atoms with E-state index in [2.05, 4.69) is 6.58 Å². The molecule has 2 fully saturated rings. The van der Waals surface area contributed by atoms with Crippen molar-refractivity contribution in [3.8, 4) is 0 Å². The molecule has 12 heavy (non-hydrogen) atoms. The fourth-order valence-electron chi connectivity index (χ4n) is 1.92. The van der Waals surface area contributed by atoms with Crippen molar-refractivity contribution in [2.24, 2.45) is 5.92 Å². The summed E-state index contributed by atoms with van der Waals surface area (Å²) in [5.74, 6) is 0.616. The molecule has 3 atom stereocenters. The summed E-state index contributed by atoms with van der Waals surface area (Å²) in [4.78, 5) is 11.5. The first kappa shape index (κ1) is 7.99. The number of hydrogen-bond donors (Lipinski definition) is 0. The average molecular weight is 166 g/mol. The summed E-state index contributed by atoms with van der Waals surface area (Å²) in [5.41, 5.74) is 0.701. The number of hydrogen-bond acceptors (Lipinski definition) is 2. The van der Waals surface area contributed by atoms with Gasteiger partial charge in [0, 0.05) is 6.42 Å². The van der Waals surface area contributed by atoms with Gasteiger partial charge in [0.1, 0.15) is 5.60 Å². The van der Waals surface area contributed by atoms with Gasteiger partial charge in [-0.2, -0.15) is 0 Å². The van der Waals surface area contributed by atoms with Gasteiger partial charge < -0.3 is 4.74 Å². The number of carbonyl (C=O) groups is 1. The van der Waals surface area contributed by atoms with Gasteiger partial charge in [-0.05, 0) is 26.2 Å². The van der Waals surface area contributed by atoms with Crippen molar-refractivity contribution < 1.29 is 9.53 Å². The van der Waals surface area contributed by atoms with Gasteiger partial charge in [0.2, 0.25) is 0 Å². The van der Waals surface area contributed by atoms with E-state index in [0.717, 1.165) is 12.0 Å². The molecule has 0 amide bonds. The molecule has 0 N–H and O–H groups in total. The molecule has 1 aliphatic carbocycles. The Morgan fingerprint density at radius 1 is 1.75 bits per heavy atom. The molecule has 0 aromatic carbocycles. The first-order valence-electron chi connectivity index (χ1n) is 4.40. The van der Waals surface area contributed by atoms with Crippen molar-refractivity contribution in [3.05, 3.63) is 12.2 Å². The monoisotopic (exact) mass is 166 g/mol. The predicted octanol–water partition coefficient (Wildman–Crippen LogP) is 1.70. The Kier molecular flexibility index (Phi) is 1.46. The minimum absolute atomic E-state index is 0.181. The largest absolute Gasteiger partial charge is 0.358 e. The van der Waals surface area contributed by atoms with Crippen molar-refractivity contribution in [2.45, 2.75) is 38.4 Å². The molecule has 2 nitrogen and oxygen atoms in total. The number of allylic oxidation sites excluding steroid dienone is 1. The second-order valence-corrected chi connectivity index (χ2v) is 4.12. The Balaban J connectivity index is 2.12. The van der Waals surface area contributed by atoms with Gasteiger partial charge in [0.05, 0.1) is 6.10 Å². The number of Topliss-reactive ketones (excluding diaryl/α,β-unsaturated/α-hetero) is 1. The second kappa shape index (κ2) is 2.19. The highest BCUT2D eigenvalue weighted by Gasteiger charge is 2.61. The van der Waals surface area contributed by atoms with E-state index in [1.165, 1.54) is 0 Å². The Morgan fingerprint density at radius 2 is 2.42 bits per heavy atom. The maximum Gasteiger partial charge on any atom is 0.167 e. The fourth-order valence-corrected chi connectivity index (χ4v) is 1.92. The number of ketones is 1. The van der Waals surface area contributed by atoms with E-state index in [0.29, 0.717) is 12.3 Å². The Labute approximate surface area is 72.6 Å². The number of rotatable bonds is 1. The molecule has 0 aromatic heterocycles. The molecule has 0 bridgehead atoms. The maximum absolute atomic E-state index is 11.5. The predicted molar refractivity (Wildman–Crippen MR) is 45.8 cm³/mol. The van der Waals surface area contributed by atoms with Crippen LogP contribution in [0.3, 0.4) is 0 Å². The van der Waals surface area contributed by atoms with Crippen LogP contribution in [0.5, 0.6) is 0 Å². The highest BCUT2D eigenvalue weighted by molar-refractivity contribution is 5.91. The number of carbonyl (C=O) groups excluding carboxylic acids is 1. The molecule has 1 saturated heterocycles. The number of ether oxygens (including phenoxy) is 1. The molecule has 0 aromatic rings. The lowest BCUT2D eigenvalue weighted by atomic mass is 9.79. The van der Waals surface area contributed by atoms with Crippen molar-refractivity contribution in [3.63, 3.8) is 0 Å². The van der Waals surface area contributed by atoms with Gasteiger partial charge in [-0.25, -0.2) is 0 Å². The zero-order chi connectivity index (χ0) is 8.93. The van der Waals surface area contributed by atoms with E-state index in [9.17, 15) is 4.79 Å². The lowest BCUT2D eigenvalue weighted by molar-refractivity contribution is -0.124. The summed E-state index contributed by atoms with van der Waals surface area (Å²) in [6.07, 6.45) is 1.79. The van der Waals surface area contributed by atoms with Crippen LogP contribution in [0.2, 0.25) is 0 Å². The Morgan fingerprint density at radius 3 is 2.92 bits per heavy atom. The van der Waals surface area contributed by atoms with Gasteiger partial charge in [-0.3, -0.25) is 4.79 Å². The molecule has 1 heterocycles. The fraction of sp³-hybridized carbons (Fsp3) is 0.700. The van der Waals surface area contributed by atoms with E-state index in [4.69, 9.17) is 4.74 Å². The number of epoxide rings is 1. The molecule has 2 rings (SSSR count). The van der Waals surface area contributed by atoms with E-state index in [-0.39, 0.29) is 11.9 Å². The van der Waals surface area contributed by atoms with Gasteiger partial charge in [0.15, 0.2) is 5.78 Å². The van der Waals surface area contributed by atoms with Crippen molar-refractivity contribution in [1.29, 1.82) is 0 Å². The SMILES string of the molecule is C=C(C)C1CC(=O)C2(C)OC2C1. The molecule has 2 heteroatoms. The minimum atomic E-state index is -0.411. The van der Waals surface area contributed by atoms with Gasteiger partial charge in [-0.1, -0.05) is 12.2 Å². The lowest BCUT2D eigenvalue weighted by Gasteiger charge is -2.21. The third-order valence-electron chi connectivity index (χ3n) is 3.13. The molecular formula is C10H14O2. The van der Waals surface area contributed by atoms with Gasteiger partial charge in [-0.15, -0.1) is 0 Å². The molecule has 3 unspecified atom stereocenters. The van der Waals surface area contributed by atoms with Crippen LogP contribution in [0.25, 0.3) is 0 Å². The van der Waals surface area contributed by atoms with E-state index < -0.39 is 5.60 Å². The Hall–Kier alpha value is -0.630. The third kappa shape index (κ3) is 0.944. The van der Waals surface area contributed by atoms with E-state index >= 15 is 0 Å². The summed E-state index contributed by atoms with van der Waals surface area (Å²) < 4.78 is 5.37. The molecule has 1 saturated carbocycles. The minimum Gasteiger partial charge on any atom is -0.358 e. The van der Waals surface area contributed by atoms with Crippen LogP contribution in [-0.2, 0) is 9.53 Å². The molecular weight excluding hydrogens is 152 g/mol. The van der Waals surface area contributed by atoms with Crippen LogP contribution in [0, 0.1) is 5.92 Å². The maximum atomic E-state index is 11.5. The lowest BCUT2D eigenvalue weighted by Crippen LogP contribution is -2.32. The Bertz CT molecular complexity index is 257. The normalized spacial score (nSPS) is 45.3. The highest BCUT2D eigenvalue weighted by Crippen LogP contribution is 2.48. The number of fused-ring (bicyclic) bond motifs is 1. The molecule has 0 radical (unpaired) electrons. The quantitative estimate of drug-likeness (QED) is 0.438. The van der Waals surface area contributed by atoms with Crippen LogP contribution in [0.4, 0.5) is 0 Å². The van der Waals surface area contributed by atoms with E-state index in [1.54, 1.807) is 0 Å². The average Bonchev–Trinajstić information content (AvgIpc) is 2.62. The topological polar surface area (TPSA) is 29.6 Å². The van der Waals surface area contributed by atoms with Crippen molar-refractivity contribution in [2.75, 3.05) is 0 Å². The van der Waals surface area contributed by atoms with Crippen LogP contribution in [0.15, 0.2) is 12.2 Å². The molecule has 2 aliphatic rings. The molecule has 0 spiro atoms. The summed E-state index contributed by atoms with van der Waals surface area (Å²) in [7, 11) is 0. The first-order valence-corrected chi connectivity index (χ1v) is 4.40. The van der Waals surface area contributed by atoms with Gasteiger partial charge in [0.25, 0.3) is 0 Å². The standard InChI is InChI=1S/C10H14O2/c1-6(2)7-4-8(11)10(3)9(5-7)12-10/h7,9H,1,4-5H2,2-3H3. The van der Waals surface area contributed by atoms with Crippen LogP contribution < -0.4 is 0 Å². The smallest absolute Gasteiger partial charge is 0.167 e. The summed E-state index contributed by atoms with van der Waals surface area (Å²) in [6.45, 7) is 7.77. The van der Waals surface area contributed by atoms with Crippen molar-refractivity contribution >= 4 is 5.78 Å². The summed E-state index contributed by atoms with van der Waals surface area (Å²) >= 11 is 0. The van der Waals surface area contributed by atoms with Crippen molar-refractivity contribution in [1.82, 2.24) is 0 Å². The van der Waals surface area contributed by atoms with E-state index in [1.807, 2.05) is 13.8 Å². The molecule has 66 valence electrons. The van der Waals surface area contributed by atoms with Crippen LogP contribution in [-0.4, -0.2) is 17.5 Å². The highest BCUT2D eigenvalue weighted by atomic mass is 16.6. The van der Waals surface area contributed by atoms with Crippen LogP contribution in [0.1, 0.15) is 26.7 Å². The van der Waals surface area contributed by atoms with Crippen LogP contribution >= 0.6 is 0 Å². The zero-order valence-corrected chi connectivity index (χ0v) is 7.59. The zero-order valence-electron chi connectivity index (χ0n) is 7.59. The summed E-state index contributed by atoms with van der Waals surface area (Å²) in [6, 6.07) is 0.